The molecule has 4 nitrogen and oxygen atoms in total. The highest BCUT2D eigenvalue weighted by molar-refractivity contribution is 5.53. The Bertz CT molecular complexity index is 432. The molecule has 2 atom stereocenters. The van der Waals surface area contributed by atoms with E-state index < -0.39 is 18.2 Å². The van der Waals surface area contributed by atoms with Crippen LogP contribution in [-0.4, -0.2) is 48.5 Å². The van der Waals surface area contributed by atoms with Crippen LogP contribution in [0.15, 0.2) is 6.33 Å². The molecule has 1 aromatic rings. The molecule has 7 heteroatoms. The van der Waals surface area contributed by atoms with E-state index in [-0.39, 0.29) is 24.7 Å². The van der Waals surface area contributed by atoms with Gasteiger partial charge in [-0.2, -0.15) is 4.39 Å². The monoisotopic (exact) mass is 272 g/mol. The summed E-state index contributed by atoms with van der Waals surface area (Å²) in [5.74, 6) is -0.342. The second-order valence-electron chi connectivity index (χ2n) is 5.00. The maximum atomic E-state index is 14.4. The van der Waals surface area contributed by atoms with Gasteiger partial charge in [-0.1, -0.05) is 0 Å². The molecule has 0 N–H and O–H groups in total. The number of rotatable bonds is 2. The van der Waals surface area contributed by atoms with Gasteiger partial charge in [-0.15, -0.1) is 0 Å². The quantitative estimate of drug-likeness (QED) is 0.820. The maximum absolute atomic E-state index is 14.4. The minimum absolute atomic E-state index is 0.118. The van der Waals surface area contributed by atoms with Crippen molar-refractivity contribution in [1.82, 2.24) is 9.97 Å². The van der Waals surface area contributed by atoms with Crippen molar-refractivity contribution in [3.63, 3.8) is 0 Å². The van der Waals surface area contributed by atoms with Gasteiger partial charge in [0.25, 0.3) is 0 Å². The Morgan fingerprint density at radius 2 is 1.42 bits per heavy atom. The Morgan fingerprint density at radius 1 is 0.947 bits per heavy atom. The molecule has 0 aromatic carbocycles. The molecule has 0 unspecified atom stereocenters. The highest BCUT2D eigenvalue weighted by Crippen LogP contribution is 2.29. The number of anilines is 2. The molecule has 0 spiro atoms. The molecular formula is C12H15F3N4. The smallest absolute Gasteiger partial charge is 0.208 e. The molecule has 2 aliphatic rings. The molecule has 2 fully saturated rings. The zero-order valence-electron chi connectivity index (χ0n) is 10.4. The zero-order valence-corrected chi connectivity index (χ0v) is 10.4. The average molecular weight is 272 g/mol. The molecule has 3 heterocycles. The minimum atomic E-state index is -0.945. The van der Waals surface area contributed by atoms with E-state index in [1.54, 1.807) is 9.80 Å². The predicted octanol–water partition coefficient (Wildman–Crippen LogP) is 1.71. The third-order valence-electron chi connectivity index (χ3n) is 3.61. The van der Waals surface area contributed by atoms with Crippen molar-refractivity contribution in [1.29, 1.82) is 0 Å². The van der Waals surface area contributed by atoms with Crippen molar-refractivity contribution in [2.75, 3.05) is 36.0 Å². The first-order valence-corrected chi connectivity index (χ1v) is 6.43. The Hall–Kier alpha value is -1.53. The van der Waals surface area contributed by atoms with Crippen LogP contribution in [-0.2, 0) is 0 Å². The van der Waals surface area contributed by atoms with Crippen LogP contribution in [0.1, 0.15) is 12.8 Å². The fourth-order valence-corrected chi connectivity index (χ4v) is 2.61. The Balaban J connectivity index is 1.86. The van der Waals surface area contributed by atoms with E-state index in [0.717, 1.165) is 0 Å². The molecule has 0 bridgehead atoms. The van der Waals surface area contributed by atoms with E-state index >= 15 is 0 Å². The van der Waals surface area contributed by atoms with Crippen molar-refractivity contribution >= 4 is 11.6 Å². The van der Waals surface area contributed by atoms with Crippen LogP contribution in [0.25, 0.3) is 0 Å². The fraction of sp³-hybridized carbons (Fsp3) is 0.667. The second kappa shape index (κ2) is 4.86. The summed E-state index contributed by atoms with van der Waals surface area (Å²) >= 11 is 0. The lowest BCUT2D eigenvalue weighted by Crippen LogP contribution is -2.26. The first-order chi connectivity index (χ1) is 9.15. The summed E-state index contributed by atoms with van der Waals surface area (Å²) in [7, 11) is 0. The average Bonchev–Trinajstić information content (AvgIpc) is 2.99. The maximum Gasteiger partial charge on any atom is 0.208 e. The number of hydrogen-bond donors (Lipinski definition) is 0. The van der Waals surface area contributed by atoms with Gasteiger partial charge in [-0.05, 0) is 12.8 Å². The van der Waals surface area contributed by atoms with E-state index in [1.807, 2.05) is 0 Å². The Morgan fingerprint density at radius 3 is 1.79 bits per heavy atom. The summed E-state index contributed by atoms with van der Waals surface area (Å²) in [5.41, 5.74) is 0. The summed E-state index contributed by atoms with van der Waals surface area (Å²) in [6.45, 7) is 1.19. The predicted molar refractivity (Wildman–Crippen MR) is 65.4 cm³/mol. The van der Waals surface area contributed by atoms with Crippen LogP contribution in [0.3, 0.4) is 0 Å². The van der Waals surface area contributed by atoms with E-state index in [2.05, 4.69) is 9.97 Å². The second-order valence-corrected chi connectivity index (χ2v) is 5.00. The standard InChI is InChI=1S/C12H15F3N4/c13-8-1-3-18(5-8)11-10(15)12(17-7-16-11)19-4-2-9(14)6-19/h7-9H,1-6H2/t8-,9-/m0/s1. The van der Waals surface area contributed by atoms with Gasteiger partial charge in [-0.25, -0.2) is 18.7 Å². The lowest BCUT2D eigenvalue weighted by Gasteiger charge is -2.21. The number of halogens is 3. The summed E-state index contributed by atoms with van der Waals surface area (Å²) in [6.07, 6.45) is 0.134. The van der Waals surface area contributed by atoms with Gasteiger partial charge in [0.2, 0.25) is 5.82 Å². The number of nitrogens with zero attached hydrogens (tertiary/aromatic N) is 4. The minimum Gasteiger partial charge on any atom is -0.351 e. The van der Waals surface area contributed by atoms with E-state index in [9.17, 15) is 13.2 Å². The highest BCUT2D eigenvalue weighted by atomic mass is 19.1. The summed E-state index contributed by atoms with van der Waals surface area (Å²) < 4.78 is 40.7. The highest BCUT2D eigenvalue weighted by Gasteiger charge is 2.30. The molecule has 104 valence electrons. The van der Waals surface area contributed by atoms with Crippen LogP contribution in [0, 0.1) is 5.82 Å². The van der Waals surface area contributed by atoms with Gasteiger partial charge in [0.15, 0.2) is 11.6 Å². The van der Waals surface area contributed by atoms with Crippen molar-refractivity contribution in [3.8, 4) is 0 Å². The molecule has 0 aliphatic carbocycles. The SMILES string of the molecule is Fc1c(N2CC[C@H](F)C2)ncnc1N1CC[C@H](F)C1. The van der Waals surface area contributed by atoms with Crippen LogP contribution in [0.4, 0.5) is 24.8 Å². The van der Waals surface area contributed by atoms with Gasteiger partial charge in [-0.3, -0.25) is 0 Å². The molecule has 1 aromatic heterocycles. The molecular weight excluding hydrogens is 257 g/mol. The molecule has 2 saturated heterocycles. The number of hydrogen-bond acceptors (Lipinski definition) is 4. The van der Waals surface area contributed by atoms with Crippen molar-refractivity contribution in [3.05, 3.63) is 12.1 Å². The summed E-state index contributed by atoms with van der Waals surface area (Å²) in [6, 6.07) is 0. The fourth-order valence-electron chi connectivity index (χ4n) is 2.61. The van der Waals surface area contributed by atoms with Gasteiger partial charge < -0.3 is 9.80 Å². The molecule has 19 heavy (non-hydrogen) atoms. The normalized spacial score (nSPS) is 27.3. The third-order valence-corrected chi connectivity index (χ3v) is 3.61. The van der Waals surface area contributed by atoms with Crippen LogP contribution in [0.2, 0.25) is 0 Å². The Kier molecular flexibility index (Phi) is 3.20. The van der Waals surface area contributed by atoms with Crippen molar-refractivity contribution in [2.24, 2.45) is 0 Å². The zero-order chi connectivity index (χ0) is 13.4. The summed E-state index contributed by atoms with van der Waals surface area (Å²) in [4.78, 5) is 11.0. The Labute approximate surface area is 109 Å². The number of alkyl halides is 2. The largest absolute Gasteiger partial charge is 0.351 e. The van der Waals surface area contributed by atoms with E-state index in [4.69, 9.17) is 0 Å². The molecule has 2 aliphatic heterocycles. The van der Waals surface area contributed by atoms with Gasteiger partial charge in [0.05, 0.1) is 13.1 Å². The van der Waals surface area contributed by atoms with E-state index in [1.165, 1.54) is 6.33 Å². The van der Waals surface area contributed by atoms with E-state index in [0.29, 0.717) is 25.9 Å². The lowest BCUT2D eigenvalue weighted by molar-refractivity contribution is 0.364. The molecule has 0 radical (unpaired) electrons. The molecule has 0 amide bonds. The lowest BCUT2D eigenvalue weighted by atomic mass is 10.3. The van der Waals surface area contributed by atoms with Crippen LogP contribution < -0.4 is 9.80 Å². The van der Waals surface area contributed by atoms with Gasteiger partial charge in [0, 0.05) is 13.1 Å². The topological polar surface area (TPSA) is 32.3 Å². The van der Waals surface area contributed by atoms with Crippen molar-refractivity contribution < 1.29 is 13.2 Å². The van der Waals surface area contributed by atoms with Crippen LogP contribution in [0.5, 0.6) is 0 Å². The first-order valence-electron chi connectivity index (χ1n) is 6.43. The third kappa shape index (κ3) is 2.33. The van der Waals surface area contributed by atoms with Crippen LogP contribution >= 0.6 is 0 Å². The molecule has 3 rings (SSSR count). The first kappa shape index (κ1) is 12.5. The molecule has 0 saturated carbocycles. The summed E-state index contributed by atoms with van der Waals surface area (Å²) in [5, 5.41) is 0. The van der Waals surface area contributed by atoms with Crippen molar-refractivity contribution in [2.45, 2.75) is 25.2 Å². The van der Waals surface area contributed by atoms with Gasteiger partial charge >= 0.3 is 0 Å². The van der Waals surface area contributed by atoms with Gasteiger partial charge in [0.1, 0.15) is 18.7 Å². The number of aromatic nitrogens is 2.